The molecule has 18 heavy (non-hydrogen) atoms. The van der Waals surface area contributed by atoms with Crippen LogP contribution in [-0.2, 0) is 16.0 Å². The van der Waals surface area contributed by atoms with Gasteiger partial charge in [-0.1, -0.05) is 0 Å². The molecule has 0 saturated carbocycles. The summed E-state index contributed by atoms with van der Waals surface area (Å²) in [4.78, 5) is 15.5. The number of hydrogen-bond acceptors (Lipinski definition) is 3. The van der Waals surface area contributed by atoms with Gasteiger partial charge in [-0.05, 0) is 43.2 Å². The largest absolute Gasteiger partial charge is 0.469 e. The van der Waals surface area contributed by atoms with Crippen molar-refractivity contribution in [3.8, 4) is 0 Å². The monoisotopic (exact) mass is 247 g/mol. The second-order valence-corrected chi connectivity index (χ2v) is 4.16. The molecule has 2 aromatic rings. The minimum absolute atomic E-state index is 0.269. The Labute approximate surface area is 105 Å². The van der Waals surface area contributed by atoms with Gasteiger partial charge in [0.1, 0.15) is 5.82 Å². The summed E-state index contributed by atoms with van der Waals surface area (Å²) < 4.78 is 17.9. The highest BCUT2D eigenvalue weighted by atomic mass is 19.1. The van der Waals surface area contributed by atoms with Gasteiger partial charge in [-0.15, -0.1) is 0 Å². The SMILES string of the molecule is COC(=O)CCc1cc(C)nc2ccc(F)cc12. The fraction of sp³-hybridized carbons (Fsp3) is 0.286. The molecule has 0 spiro atoms. The maximum atomic E-state index is 13.3. The normalized spacial score (nSPS) is 10.6. The first-order chi connectivity index (χ1) is 8.60. The van der Waals surface area contributed by atoms with Crippen LogP contribution in [0.3, 0.4) is 0 Å². The first-order valence-electron chi connectivity index (χ1n) is 5.73. The van der Waals surface area contributed by atoms with E-state index >= 15 is 0 Å². The number of rotatable bonds is 3. The van der Waals surface area contributed by atoms with Crippen molar-refractivity contribution in [3.63, 3.8) is 0 Å². The highest BCUT2D eigenvalue weighted by Gasteiger charge is 2.08. The summed E-state index contributed by atoms with van der Waals surface area (Å²) in [6.45, 7) is 1.88. The van der Waals surface area contributed by atoms with Crippen molar-refractivity contribution in [2.75, 3.05) is 7.11 Å². The number of carbonyl (C=O) groups is 1. The third-order valence-electron chi connectivity index (χ3n) is 2.81. The molecule has 0 saturated heterocycles. The lowest BCUT2D eigenvalue weighted by Gasteiger charge is -2.07. The maximum absolute atomic E-state index is 13.3. The van der Waals surface area contributed by atoms with E-state index in [4.69, 9.17) is 0 Å². The molecule has 0 aliphatic rings. The zero-order valence-electron chi connectivity index (χ0n) is 10.4. The average Bonchev–Trinajstić information content (AvgIpc) is 2.36. The van der Waals surface area contributed by atoms with Crippen molar-refractivity contribution in [3.05, 3.63) is 41.3 Å². The zero-order valence-corrected chi connectivity index (χ0v) is 10.4. The van der Waals surface area contributed by atoms with E-state index in [2.05, 4.69) is 9.72 Å². The molecule has 0 N–H and O–H groups in total. The van der Waals surface area contributed by atoms with Crippen LogP contribution in [0.2, 0.25) is 0 Å². The minimum Gasteiger partial charge on any atom is -0.469 e. The van der Waals surface area contributed by atoms with Crippen LogP contribution in [0.4, 0.5) is 4.39 Å². The molecule has 4 heteroatoms. The molecule has 1 heterocycles. The van der Waals surface area contributed by atoms with Gasteiger partial charge in [0.15, 0.2) is 0 Å². The number of halogens is 1. The van der Waals surface area contributed by atoms with E-state index in [-0.39, 0.29) is 18.2 Å². The molecular formula is C14H14FNO2. The minimum atomic E-state index is -0.299. The van der Waals surface area contributed by atoms with Crippen LogP contribution in [0.1, 0.15) is 17.7 Å². The van der Waals surface area contributed by atoms with Crippen LogP contribution in [0, 0.1) is 12.7 Å². The topological polar surface area (TPSA) is 39.2 Å². The predicted molar refractivity (Wildman–Crippen MR) is 66.8 cm³/mol. The van der Waals surface area contributed by atoms with Gasteiger partial charge in [0.2, 0.25) is 0 Å². The fourth-order valence-corrected chi connectivity index (χ4v) is 1.96. The van der Waals surface area contributed by atoms with Crippen molar-refractivity contribution < 1.29 is 13.9 Å². The Hall–Kier alpha value is -1.97. The Morgan fingerprint density at radius 3 is 2.89 bits per heavy atom. The van der Waals surface area contributed by atoms with Crippen LogP contribution in [0.5, 0.6) is 0 Å². The highest BCUT2D eigenvalue weighted by Crippen LogP contribution is 2.21. The summed E-state index contributed by atoms with van der Waals surface area (Å²) in [6.07, 6.45) is 0.807. The number of pyridine rings is 1. The van der Waals surface area contributed by atoms with E-state index in [1.165, 1.54) is 19.2 Å². The van der Waals surface area contributed by atoms with Gasteiger partial charge in [0.05, 0.1) is 12.6 Å². The average molecular weight is 247 g/mol. The fourth-order valence-electron chi connectivity index (χ4n) is 1.96. The Morgan fingerprint density at radius 1 is 1.39 bits per heavy atom. The van der Waals surface area contributed by atoms with Gasteiger partial charge >= 0.3 is 5.97 Å². The van der Waals surface area contributed by atoms with Crippen molar-refractivity contribution in [2.45, 2.75) is 19.8 Å². The molecule has 1 aromatic carbocycles. The van der Waals surface area contributed by atoms with Crippen molar-refractivity contribution in [1.29, 1.82) is 0 Å². The molecule has 3 nitrogen and oxygen atoms in total. The predicted octanol–water partition coefficient (Wildman–Crippen LogP) is 2.79. The summed E-state index contributed by atoms with van der Waals surface area (Å²) in [7, 11) is 1.36. The van der Waals surface area contributed by atoms with Gasteiger partial charge in [-0.2, -0.15) is 0 Å². The quantitative estimate of drug-likeness (QED) is 0.783. The van der Waals surface area contributed by atoms with E-state index in [9.17, 15) is 9.18 Å². The lowest BCUT2D eigenvalue weighted by molar-refractivity contribution is -0.140. The van der Waals surface area contributed by atoms with Gasteiger partial charge in [-0.25, -0.2) is 4.39 Å². The van der Waals surface area contributed by atoms with Crippen molar-refractivity contribution >= 4 is 16.9 Å². The summed E-state index contributed by atoms with van der Waals surface area (Å²) in [6, 6.07) is 6.37. The third kappa shape index (κ3) is 2.64. The van der Waals surface area contributed by atoms with Gasteiger partial charge < -0.3 is 4.74 Å². The highest BCUT2D eigenvalue weighted by molar-refractivity contribution is 5.83. The first-order valence-corrected chi connectivity index (χ1v) is 5.73. The Bertz CT molecular complexity index is 596. The lowest BCUT2D eigenvalue weighted by atomic mass is 10.0. The van der Waals surface area contributed by atoms with Crippen LogP contribution in [0.15, 0.2) is 24.3 Å². The molecule has 0 unspecified atom stereocenters. The number of carbonyl (C=O) groups excluding carboxylic acids is 1. The van der Waals surface area contributed by atoms with E-state index < -0.39 is 0 Å². The molecule has 0 fully saturated rings. The summed E-state index contributed by atoms with van der Waals surface area (Å²) in [5, 5.41) is 0.754. The van der Waals surface area contributed by atoms with Crippen molar-refractivity contribution in [2.24, 2.45) is 0 Å². The molecule has 2 rings (SSSR count). The van der Waals surface area contributed by atoms with Gasteiger partial charge in [0, 0.05) is 17.5 Å². The zero-order chi connectivity index (χ0) is 13.1. The number of fused-ring (bicyclic) bond motifs is 1. The second-order valence-electron chi connectivity index (χ2n) is 4.16. The van der Waals surface area contributed by atoms with Crippen LogP contribution in [-0.4, -0.2) is 18.1 Å². The molecule has 1 aromatic heterocycles. The molecular weight excluding hydrogens is 233 g/mol. The number of aryl methyl sites for hydroxylation is 2. The third-order valence-corrected chi connectivity index (χ3v) is 2.81. The van der Waals surface area contributed by atoms with Crippen LogP contribution >= 0.6 is 0 Å². The Balaban J connectivity index is 2.41. The number of esters is 1. The van der Waals surface area contributed by atoms with E-state index in [0.29, 0.717) is 6.42 Å². The van der Waals surface area contributed by atoms with E-state index in [0.717, 1.165) is 22.2 Å². The van der Waals surface area contributed by atoms with E-state index in [1.807, 2.05) is 13.0 Å². The lowest BCUT2D eigenvalue weighted by Crippen LogP contribution is -2.03. The van der Waals surface area contributed by atoms with Crippen molar-refractivity contribution in [1.82, 2.24) is 4.98 Å². The molecule has 0 aliphatic carbocycles. The summed E-state index contributed by atoms with van der Waals surface area (Å²) in [5.41, 5.74) is 2.52. The molecule has 0 aliphatic heterocycles. The smallest absolute Gasteiger partial charge is 0.305 e. The Morgan fingerprint density at radius 2 is 2.17 bits per heavy atom. The standard InChI is InChI=1S/C14H14FNO2/c1-9-7-10(3-6-14(17)18-2)12-8-11(15)4-5-13(12)16-9/h4-5,7-8H,3,6H2,1-2H3. The summed E-state index contributed by atoms with van der Waals surface area (Å²) >= 11 is 0. The number of hydrogen-bond donors (Lipinski definition) is 0. The van der Waals surface area contributed by atoms with Crippen LogP contribution in [0.25, 0.3) is 10.9 Å². The number of aromatic nitrogens is 1. The molecule has 0 amide bonds. The number of nitrogens with zero attached hydrogens (tertiary/aromatic N) is 1. The number of methoxy groups -OCH3 is 1. The molecule has 0 bridgehead atoms. The van der Waals surface area contributed by atoms with E-state index in [1.54, 1.807) is 6.07 Å². The Kier molecular flexibility index (Phi) is 3.55. The summed E-state index contributed by atoms with van der Waals surface area (Å²) in [5.74, 6) is -0.568. The number of ether oxygens (including phenoxy) is 1. The van der Waals surface area contributed by atoms with Crippen LogP contribution < -0.4 is 0 Å². The first kappa shape index (κ1) is 12.5. The molecule has 0 atom stereocenters. The molecule has 0 radical (unpaired) electrons. The maximum Gasteiger partial charge on any atom is 0.305 e. The number of benzene rings is 1. The second kappa shape index (κ2) is 5.12. The molecule has 94 valence electrons. The van der Waals surface area contributed by atoms with Gasteiger partial charge in [0.25, 0.3) is 0 Å². The van der Waals surface area contributed by atoms with Gasteiger partial charge in [-0.3, -0.25) is 9.78 Å².